The molecule has 1 aliphatic heterocycles. The largest absolute Gasteiger partial charge is 0.463 e. The number of anilines is 3. The van der Waals surface area contributed by atoms with E-state index < -0.39 is 0 Å². The fourth-order valence-corrected chi connectivity index (χ4v) is 3.55. The third kappa shape index (κ3) is 5.45. The lowest BCUT2D eigenvalue weighted by molar-refractivity contribution is 0.0904. The molecule has 4 heterocycles. The number of H-pyrrole nitrogens is 1. The van der Waals surface area contributed by atoms with E-state index in [2.05, 4.69) is 30.8 Å². The molecule has 3 aromatic heterocycles. The number of nitrogens with one attached hydrogen (secondary N) is 3. The first-order chi connectivity index (χ1) is 16.2. The predicted molar refractivity (Wildman–Crippen MR) is 124 cm³/mol. The molecule has 1 saturated heterocycles. The van der Waals surface area contributed by atoms with Crippen LogP contribution < -0.4 is 10.6 Å². The van der Waals surface area contributed by atoms with Gasteiger partial charge in [0, 0.05) is 31.4 Å². The van der Waals surface area contributed by atoms with Crippen LogP contribution in [0.5, 0.6) is 0 Å². The quantitative estimate of drug-likeness (QED) is 0.363. The second kappa shape index (κ2) is 9.66. The van der Waals surface area contributed by atoms with Crippen LogP contribution in [0.4, 0.5) is 21.8 Å². The lowest BCUT2D eigenvalue weighted by atomic mass is 10.1. The second-order valence-corrected chi connectivity index (χ2v) is 7.68. The van der Waals surface area contributed by atoms with E-state index in [1.165, 1.54) is 12.1 Å². The molecule has 33 heavy (non-hydrogen) atoms. The Labute approximate surface area is 189 Å². The Balaban J connectivity index is 1.39. The van der Waals surface area contributed by atoms with Gasteiger partial charge in [-0.3, -0.25) is 5.10 Å². The molecule has 5 rings (SSSR count). The van der Waals surface area contributed by atoms with Gasteiger partial charge in [0.15, 0.2) is 17.4 Å². The van der Waals surface area contributed by atoms with Crippen molar-refractivity contribution in [1.29, 1.82) is 0 Å². The van der Waals surface area contributed by atoms with Crippen molar-refractivity contribution in [3.63, 3.8) is 0 Å². The van der Waals surface area contributed by atoms with Crippen LogP contribution in [0.15, 0.2) is 59.2 Å². The van der Waals surface area contributed by atoms with Crippen molar-refractivity contribution in [3.05, 3.63) is 72.0 Å². The van der Waals surface area contributed by atoms with E-state index in [1.54, 1.807) is 24.5 Å². The summed E-state index contributed by atoms with van der Waals surface area (Å²) in [6, 6.07) is 13.9. The SMILES string of the molecule is Fc1ccc(C=Cc2nc(Nc3cc(-c4ccco4)[nH]n3)cc(NC3CCOCC3)n2)cc1. The van der Waals surface area contributed by atoms with Crippen molar-refractivity contribution >= 4 is 29.6 Å². The Morgan fingerprint density at radius 1 is 0.970 bits per heavy atom. The molecule has 0 unspecified atom stereocenters. The number of furan rings is 1. The maximum absolute atomic E-state index is 13.2. The van der Waals surface area contributed by atoms with E-state index in [9.17, 15) is 4.39 Å². The van der Waals surface area contributed by atoms with Crippen LogP contribution in [0.25, 0.3) is 23.6 Å². The van der Waals surface area contributed by atoms with Crippen molar-refractivity contribution in [2.24, 2.45) is 0 Å². The van der Waals surface area contributed by atoms with Crippen LogP contribution in [-0.4, -0.2) is 39.4 Å². The average molecular weight is 446 g/mol. The van der Waals surface area contributed by atoms with Gasteiger partial charge in [-0.2, -0.15) is 5.10 Å². The highest BCUT2D eigenvalue weighted by Gasteiger charge is 2.15. The Hall–Kier alpha value is -3.98. The molecular weight excluding hydrogens is 423 g/mol. The summed E-state index contributed by atoms with van der Waals surface area (Å²) in [5.74, 6) is 2.84. The van der Waals surface area contributed by atoms with Crippen LogP contribution in [-0.2, 0) is 4.74 Å². The van der Waals surface area contributed by atoms with Crippen molar-refractivity contribution in [1.82, 2.24) is 20.2 Å². The van der Waals surface area contributed by atoms with E-state index in [-0.39, 0.29) is 11.9 Å². The molecule has 1 fully saturated rings. The summed E-state index contributed by atoms with van der Waals surface area (Å²) >= 11 is 0. The van der Waals surface area contributed by atoms with Gasteiger partial charge in [0.05, 0.1) is 6.26 Å². The molecule has 4 aromatic rings. The molecule has 0 amide bonds. The zero-order chi connectivity index (χ0) is 22.5. The number of rotatable bonds is 7. The fraction of sp³-hybridized carbons (Fsp3) is 0.208. The van der Waals surface area contributed by atoms with Gasteiger partial charge in [-0.25, -0.2) is 14.4 Å². The molecule has 0 radical (unpaired) electrons. The zero-order valence-electron chi connectivity index (χ0n) is 17.8. The van der Waals surface area contributed by atoms with Crippen LogP contribution in [0, 0.1) is 5.82 Å². The van der Waals surface area contributed by atoms with Gasteiger partial charge in [-0.05, 0) is 48.7 Å². The summed E-state index contributed by atoms with van der Waals surface area (Å²) in [4.78, 5) is 9.24. The smallest absolute Gasteiger partial charge is 0.156 e. The Morgan fingerprint density at radius 3 is 2.58 bits per heavy atom. The van der Waals surface area contributed by atoms with Crippen LogP contribution in [0.1, 0.15) is 24.2 Å². The first-order valence-corrected chi connectivity index (χ1v) is 10.7. The fourth-order valence-electron chi connectivity index (χ4n) is 3.55. The molecule has 168 valence electrons. The van der Waals surface area contributed by atoms with Crippen molar-refractivity contribution < 1.29 is 13.5 Å². The number of aromatic amines is 1. The minimum atomic E-state index is -0.273. The average Bonchev–Trinajstić information content (AvgIpc) is 3.52. The maximum Gasteiger partial charge on any atom is 0.156 e. The molecule has 0 spiro atoms. The highest BCUT2D eigenvalue weighted by atomic mass is 19.1. The molecule has 1 aromatic carbocycles. The lowest BCUT2D eigenvalue weighted by Crippen LogP contribution is -2.28. The number of nitrogens with zero attached hydrogens (tertiary/aromatic N) is 3. The highest BCUT2D eigenvalue weighted by molar-refractivity contribution is 5.69. The Kier molecular flexibility index (Phi) is 6.12. The molecule has 0 aliphatic carbocycles. The van der Waals surface area contributed by atoms with Gasteiger partial charge >= 0.3 is 0 Å². The minimum Gasteiger partial charge on any atom is -0.463 e. The zero-order valence-corrected chi connectivity index (χ0v) is 17.8. The molecule has 0 bridgehead atoms. The number of aromatic nitrogens is 4. The van der Waals surface area contributed by atoms with E-state index in [4.69, 9.17) is 9.15 Å². The second-order valence-electron chi connectivity index (χ2n) is 7.68. The predicted octanol–water partition coefficient (Wildman–Crippen LogP) is 5.10. The van der Waals surface area contributed by atoms with Gasteiger partial charge in [0.2, 0.25) is 0 Å². The van der Waals surface area contributed by atoms with Crippen molar-refractivity contribution in [2.45, 2.75) is 18.9 Å². The minimum absolute atomic E-state index is 0.273. The summed E-state index contributed by atoms with van der Waals surface area (Å²) < 4.78 is 24.0. The van der Waals surface area contributed by atoms with Gasteiger partial charge in [-0.1, -0.05) is 18.2 Å². The van der Waals surface area contributed by atoms with Gasteiger partial charge in [0.1, 0.15) is 23.1 Å². The molecule has 1 aliphatic rings. The van der Waals surface area contributed by atoms with Crippen molar-refractivity contribution in [2.75, 3.05) is 23.8 Å². The highest BCUT2D eigenvalue weighted by Crippen LogP contribution is 2.24. The third-order valence-electron chi connectivity index (χ3n) is 5.23. The van der Waals surface area contributed by atoms with Gasteiger partial charge < -0.3 is 19.8 Å². The standard InChI is InChI=1S/C24H23FN6O2/c25-17-6-3-16(4-7-17)5-8-21-27-22(26-18-9-12-32-13-10-18)15-23(28-21)29-24-14-19(30-31-24)20-2-1-11-33-20/h1-8,11,14-15,18H,9-10,12-13H2,(H3,26,27,28,29,30,31). The number of halogens is 1. The van der Waals surface area contributed by atoms with E-state index in [0.29, 0.717) is 29.0 Å². The Bertz CT molecular complexity index is 1210. The van der Waals surface area contributed by atoms with Crippen molar-refractivity contribution in [3.8, 4) is 11.5 Å². The first-order valence-electron chi connectivity index (χ1n) is 10.7. The lowest BCUT2D eigenvalue weighted by Gasteiger charge is -2.23. The molecule has 9 heteroatoms. The molecule has 0 atom stereocenters. The summed E-state index contributed by atoms with van der Waals surface area (Å²) in [7, 11) is 0. The maximum atomic E-state index is 13.2. The van der Waals surface area contributed by atoms with Crippen LogP contribution in [0.2, 0.25) is 0 Å². The number of hydrogen-bond acceptors (Lipinski definition) is 7. The van der Waals surface area contributed by atoms with E-state index in [0.717, 1.165) is 37.3 Å². The normalized spacial score (nSPS) is 14.6. The molecule has 8 nitrogen and oxygen atoms in total. The monoisotopic (exact) mass is 446 g/mol. The molecular formula is C24H23FN6O2. The van der Waals surface area contributed by atoms with E-state index >= 15 is 0 Å². The molecule has 0 saturated carbocycles. The number of ether oxygens (including phenoxy) is 1. The van der Waals surface area contributed by atoms with Crippen LogP contribution >= 0.6 is 0 Å². The van der Waals surface area contributed by atoms with Gasteiger partial charge in [-0.15, -0.1) is 0 Å². The van der Waals surface area contributed by atoms with E-state index in [1.807, 2.05) is 30.3 Å². The molecule has 3 N–H and O–H groups in total. The summed E-state index contributed by atoms with van der Waals surface area (Å²) in [5, 5.41) is 14.0. The summed E-state index contributed by atoms with van der Waals surface area (Å²) in [6.07, 6.45) is 7.09. The topological polar surface area (TPSA) is 101 Å². The van der Waals surface area contributed by atoms with Gasteiger partial charge in [0.25, 0.3) is 0 Å². The number of benzene rings is 1. The summed E-state index contributed by atoms with van der Waals surface area (Å²) in [5.41, 5.74) is 1.61. The third-order valence-corrected chi connectivity index (χ3v) is 5.23. The first kappa shape index (κ1) is 20.9. The number of hydrogen-bond donors (Lipinski definition) is 3. The summed E-state index contributed by atoms with van der Waals surface area (Å²) in [6.45, 7) is 1.46. The van der Waals surface area contributed by atoms with Crippen LogP contribution in [0.3, 0.4) is 0 Å². The Morgan fingerprint density at radius 2 is 1.79 bits per heavy atom.